The van der Waals surface area contributed by atoms with Gasteiger partial charge in [0.15, 0.2) is 0 Å². The molecule has 5 rings (SSSR count). The number of amides is 1. The molecule has 1 amide bonds. The Kier molecular flexibility index (Phi) is 8.64. The molecular weight excluding hydrogens is 472 g/mol. The minimum Gasteiger partial charge on any atom is -0.489 e. The van der Waals surface area contributed by atoms with Crippen molar-refractivity contribution < 1.29 is 23.4 Å². The van der Waals surface area contributed by atoms with Gasteiger partial charge in [0.2, 0.25) is 5.91 Å². The molecule has 4 aromatic carbocycles. The molecule has 0 unspecified atom stereocenters. The molecule has 190 valence electrons. The van der Waals surface area contributed by atoms with Crippen molar-refractivity contribution in [3.05, 3.63) is 131 Å². The first-order valence-electron chi connectivity index (χ1n) is 12.2. The number of ether oxygens (including phenoxy) is 1. The summed E-state index contributed by atoms with van der Waals surface area (Å²) in [7, 11) is 0. The van der Waals surface area contributed by atoms with Crippen LogP contribution in [0.2, 0.25) is 0 Å². The minimum absolute atomic E-state index is 0.0175. The fraction of sp³-hybridized carbons (Fsp3) is 0.194. The molecule has 0 aliphatic carbocycles. The van der Waals surface area contributed by atoms with Crippen molar-refractivity contribution in [3.63, 3.8) is 0 Å². The van der Waals surface area contributed by atoms with E-state index in [1.54, 1.807) is 29.2 Å². The van der Waals surface area contributed by atoms with Crippen LogP contribution in [0.1, 0.15) is 48.6 Å². The topological polar surface area (TPSA) is 49.8 Å². The molecule has 1 heterocycles. The Balaban J connectivity index is 0.000000245. The highest BCUT2D eigenvalue weighted by molar-refractivity contribution is 6.01. The molecule has 0 aromatic heterocycles. The second-order valence-electron chi connectivity index (χ2n) is 8.78. The first kappa shape index (κ1) is 26.0. The zero-order chi connectivity index (χ0) is 26.2. The third kappa shape index (κ3) is 6.80. The van der Waals surface area contributed by atoms with Gasteiger partial charge in [-0.3, -0.25) is 4.79 Å². The van der Waals surface area contributed by atoms with Crippen molar-refractivity contribution in [1.82, 2.24) is 0 Å². The van der Waals surface area contributed by atoms with Crippen LogP contribution in [-0.2, 0) is 11.4 Å². The van der Waals surface area contributed by atoms with Gasteiger partial charge in [-0.2, -0.15) is 0 Å². The van der Waals surface area contributed by atoms with E-state index in [0.29, 0.717) is 19.4 Å². The van der Waals surface area contributed by atoms with Crippen molar-refractivity contribution in [2.75, 3.05) is 4.90 Å². The number of nitrogens with zero attached hydrogens (tertiary/aromatic N) is 1. The molecule has 2 atom stereocenters. The van der Waals surface area contributed by atoms with E-state index in [1.807, 2.05) is 61.5 Å². The Morgan fingerprint density at radius 2 is 1.46 bits per heavy atom. The molecule has 1 aliphatic rings. The highest BCUT2D eigenvalue weighted by Gasteiger charge is 2.38. The number of rotatable bonds is 7. The molecule has 0 radical (unpaired) electrons. The number of aliphatic hydroxyl groups excluding tert-OH is 1. The van der Waals surface area contributed by atoms with Gasteiger partial charge in [0.1, 0.15) is 24.0 Å². The van der Waals surface area contributed by atoms with Crippen LogP contribution >= 0.6 is 0 Å². The number of β-lactam (4-membered cyclic amide) rings is 1. The third-order valence-corrected chi connectivity index (χ3v) is 6.21. The number of halogens is 2. The standard InChI is InChI=1S/C22H18FNO2.C9H11FO/c23-18-8-10-19(11-9-18)24-21(14-22(24)25)17-6-12-20(13-7-17)26-15-16-4-2-1-3-5-16;1-2-9(11)7-3-5-8(10)6-4-7/h1-13,21H,14-15H2;3-6,9,11H,2H2,1H3/t21-;9-/m00/s1. The van der Waals surface area contributed by atoms with Gasteiger partial charge in [0.25, 0.3) is 0 Å². The summed E-state index contributed by atoms with van der Waals surface area (Å²) >= 11 is 0. The first-order valence-corrected chi connectivity index (χ1v) is 12.2. The van der Waals surface area contributed by atoms with E-state index in [0.717, 1.165) is 28.1 Å². The van der Waals surface area contributed by atoms with Crippen molar-refractivity contribution in [2.45, 2.75) is 38.5 Å². The van der Waals surface area contributed by atoms with Gasteiger partial charge in [-0.25, -0.2) is 8.78 Å². The SMILES string of the molecule is CC[C@H](O)c1ccc(F)cc1.O=C1C[C@@H](c2ccc(OCc3ccccc3)cc2)N1c1ccc(F)cc1. The van der Waals surface area contributed by atoms with Gasteiger partial charge in [-0.1, -0.05) is 61.5 Å². The smallest absolute Gasteiger partial charge is 0.230 e. The number of hydrogen-bond donors (Lipinski definition) is 1. The number of carbonyl (C=O) groups is 1. The second-order valence-corrected chi connectivity index (χ2v) is 8.78. The summed E-state index contributed by atoms with van der Waals surface area (Å²) in [6.45, 7) is 2.40. The van der Waals surface area contributed by atoms with E-state index < -0.39 is 6.10 Å². The van der Waals surface area contributed by atoms with Crippen LogP contribution in [0.4, 0.5) is 14.5 Å². The maximum absolute atomic E-state index is 13.1. The lowest BCUT2D eigenvalue weighted by molar-refractivity contribution is -0.124. The maximum atomic E-state index is 13.1. The molecule has 0 saturated carbocycles. The Labute approximate surface area is 215 Å². The molecule has 6 heteroatoms. The molecule has 1 aliphatic heterocycles. The lowest BCUT2D eigenvalue weighted by atomic mass is 9.93. The predicted molar refractivity (Wildman–Crippen MR) is 140 cm³/mol. The Bertz CT molecular complexity index is 1280. The Morgan fingerprint density at radius 3 is 2.03 bits per heavy atom. The van der Waals surface area contributed by atoms with E-state index in [4.69, 9.17) is 4.74 Å². The summed E-state index contributed by atoms with van der Waals surface area (Å²) in [4.78, 5) is 13.7. The summed E-state index contributed by atoms with van der Waals surface area (Å²) in [5.74, 6) is 0.262. The summed E-state index contributed by atoms with van der Waals surface area (Å²) in [6, 6.07) is 29.7. The van der Waals surface area contributed by atoms with E-state index in [9.17, 15) is 18.7 Å². The summed E-state index contributed by atoms with van der Waals surface area (Å²) in [6.07, 6.45) is 0.656. The molecule has 4 nitrogen and oxygen atoms in total. The van der Waals surface area contributed by atoms with Crippen LogP contribution in [-0.4, -0.2) is 11.0 Å². The lowest BCUT2D eigenvalue weighted by Gasteiger charge is -2.40. The normalized spacial score (nSPS) is 15.3. The number of anilines is 1. The quantitative estimate of drug-likeness (QED) is 0.274. The largest absolute Gasteiger partial charge is 0.489 e. The van der Waals surface area contributed by atoms with Crippen molar-refractivity contribution in [2.24, 2.45) is 0 Å². The molecule has 4 aromatic rings. The minimum atomic E-state index is -0.462. The van der Waals surface area contributed by atoms with Gasteiger partial charge >= 0.3 is 0 Å². The van der Waals surface area contributed by atoms with Crippen molar-refractivity contribution in [3.8, 4) is 5.75 Å². The zero-order valence-corrected chi connectivity index (χ0v) is 20.6. The second kappa shape index (κ2) is 12.3. The highest BCUT2D eigenvalue weighted by atomic mass is 19.1. The molecule has 1 fully saturated rings. The molecule has 0 spiro atoms. The summed E-state index contributed by atoms with van der Waals surface area (Å²) in [5.41, 5.74) is 3.65. The van der Waals surface area contributed by atoms with Crippen LogP contribution in [0.15, 0.2) is 103 Å². The van der Waals surface area contributed by atoms with Gasteiger partial charge < -0.3 is 14.7 Å². The average Bonchev–Trinajstić information content (AvgIpc) is 2.93. The van der Waals surface area contributed by atoms with Crippen LogP contribution in [0.3, 0.4) is 0 Å². The van der Waals surface area contributed by atoms with Crippen LogP contribution in [0.25, 0.3) is 0 Å². The van der Waals surface area contributed by atoms with Gasteiger partial charge in [0, 0.05) is 5.69 Å². The van der Waals surface area contributed by atoms with Crippen molar-refractivity contribution in [1.29, 1.82) is 0 Å². The molecule has 0 bridgehead atoms. The Morgan fingerprint density at radius 1 is 0.865 bits per heavy atom. The van der Waals surface area contributed by atoms with Crippen LogP contribution < -0.4 is 9.64 Å². The number of benzene rings is 4. The molecular formula is C31H29F2NO3. The average molecular weight is 502 g/mol. The van der Waals surface area contributed by atoms with Gasteiger partial charge in [-0.15, -0.1) is 0 Å². The zero-order valence-electron chi connectivity index (χ0n) is 20.6. The van der Waals surface area contributed by atoms with Crippen LogP contribution in [0.5, 0.6) is 5.75 Å². The van der Waals surface area contributed by atoms with Crippen molar-refractivity contribution >= 4 is 11.6 Å². The summed E-state index contributed by atoms with van der Waals surface area (Å²) < 4.78 is 31.3. The molecule has 37 heavy (non-hydrogen) atoms. The van der Waals surface area contributed by atoms with Gasteiger partial charge in [-0.05, 0) is 71.6 Å². The third-order valence-electron chi connectivity index (χ3n) is 6.21. The van der Waals surface area contributed by atoms with Gasteiger partial charge in [0.05, 0.1) is 18.6 Å². The van der Waals surface area contributed by atoms with E-state index in [1.165, 1.54) is 24.3 Å². The van der Waals surface area contributed by atoms with E-state index in [2.05, 4.69) is 0 Å². The lowest BCUT2D eigenvalue weighted by Crippen LogP contribution is -2.46. The number of hydrogen-bond acceptors (Lipinski definition) is 3. The molecule has 1 N–H and O–H groups in total. The highest BCUT2D eigenvalue weighted by Crippen LogP contribution is 2.39. The Hall–Kier alpha value is -4.03. The predicted octanol–water partition coefficient (Wildman–Crippen LogP) is 7.15. The fourth-order valence-corrected chi connectivity index (χ4v) is 4.06. The number of aliphatic hydroxyl groups is 1. The monoisotopic (exact) mass is 501 g/mol. The first-order chi connectivity index (χ1) is 17.9. The number of carbonyl (C=O) groups excluding carboxylic acids is 1. The summed E-state index contributed by atoms with van der Waals surface area (Å²) in [5, 5.41) is 9.30. The van der Waals surface area contributed by atoms with Crippen LogP contribution in [0, 0.1) is 11.6 Å². The fourth-order valence-electron chi connectivity index (χ4n) is 4.06. The van der Waals surface area contributed by atoms with E-state index in [-0.39, 0.29) is 23.6 Å². The molecule has 1 saturated heterocycles. The maximum Gasteiger partial charge on any atom is 0.230 e. The van der Waals surface area contributed by atoms with E-state index >= 15 is 0 Å².